The summed E-state index contributed by atoms with van der Waals surface area (Å²) >= 11 is 0. The van der Waals surface area contributed by atoms with Gasteiger partial charge in [-0.05, 0) is 36.8 Å². The van der Waals surface area contributed by atoms with Crippen LogP contribution in [0.4, 0.5) is 0 Å². The maximum Gasteiger partial charge on any atom is 0.282 e. The van der Waals surface area contributed by atoms with E-state index in [4.69, 9.17) is 0 Å². The van der Waals surface area contributed by atoms with E-state index < -0.39 is 10.0 Å². The first-order valence-corrected chi connectivity index (χ1v) is 9.07. The number of hydrogen-bond acceptors (Lipinski definition) is 2. The molecule has 0 radical (unpaired) electrons. The SMILES string of the molecule is Cc1ccc(S(=O)(=O)N=C(Cc2ccccc2)c2ccc[nH]2)cc1. The summed E-state index contributed by atoms with van der Waals surface area (Å²) < 4.78 is 29.4. The van der Waals surface area contributed by atoms with Gasteiger partial charge in [0.15, 0.2) is 0 Å². The fraction of sp³-hybridized carbons (Fsp3) is 0.105. The Labute approximate surface area is 142 Å². The van der Waals surface area contributed by atoms with Gasteiger partial charge in [0, 0.05) is 12.6 Å². The molecule has 0 atom stereocenters. The summed E-state index contributed by atoms with van der Waals surface area (Å²) in [6.07, 6.45) is 2.20. The van der Waals surface area contributed by atoms with Crippen LogP contribution in [0.2, 0.25) is 0 Å². The van der Waals surface area contributed by atoms with E-state index in [2.05, 4.69) is 9.38 Å². The first kappa shape index (κ1) is 16.2. The Morgan fingerprint density at radius 2 is 1.67 bits per heavy atom. The average Bonchev–Trinajstić information content (AvgIpc) is 3.10. The van der Waals surface area contributed by atoms with Gasteiger partial charge >= 0.3 is 0 Å². The smallest absolute Gasteiger partial charge is 0.282 e. The number of sulfonamides is 1. The fourth-order valence-electron chi connectivity index (χ4n) is 2.38. The van der Waals surface area contributed by atoms with E-state index in [-0.39, 0.29) is 4.90 Å². The Kier molecular flexibility index (Phi) is 4.62. The zero-order valence-corrected chi connectivity index (χ0v) is 14.1. The van der Waals surface area contributed by atoms with Gasteiger partial charge in [0.2, 0.25) is 0 Å². The van der Waals surface area contributed by atoms with Crippen molar-refractivity contribution in [1.82, 2.24) is 4.98 Å². The van der Waals surface area contributed by atoms with Crippen molar-refractivity contribution in [3.8, 4) is 0 Å². The zero-order valence-electron chi connectivity index (χ0n) is 13.3. The van der Waals surface area contributed by atoms with Gasteiger partial charge in [-0.2, -0.15) is 12.8 Å². The molecule has 3 aromatic rings. The maximum atomic E-state index is 12.6. The molecule has 0 aliphatic carbocycles. The van der Waals surface area contributed by atoms with E-state index >= 15 is 0 Å². The fourth-order valence-corrected chi connectivity index (χ4v) is 3.42. The highest BCUT2D eigenvalue weighted by Gasteiger charge is 2.16. The zero-order chi connectivity index (χ0) is 17.0. The summed E-state index contributed by atoms with van der Waals surface area (Å²) in [4.78, 5) is 3.24. The van der Waals surface area contributed by atoms with Crippen molar-refractivity contribution in [3.05, 3.63) is 89.7 Å². The summed E-state index contributed by atoms with van der Waals surface area (Å²) in [6.45, 7) is 1.92. The summed E-state index contributed by atoms with van der Waals surface area (Å²) in [5.74, 6) is 0. The van der Waals surface area contributed by atoms with Crippen LogP contribution in [-0.4, -0.2) is 19.1 Å². The Balaban J connectivity index is 2.01. The first-order chi connectivity index (χ1) is 11.5. The monoisotopic (exact) mass is 338 g/mol. The van der Waals surface area contributed by atoms with Gasteiger partial charge in [-0.1, -0.05) is 48.0 Å². The number of hydrogen-bond donors (Lipinski definition) is 1. The molecule has 3 rings (SSSR count). The van der Waals surface area contributed by atoms with Gasteiger partial charge in [0.1, 0.15) is 0 Å². The second-order valence-corrected chi connectivity index (χ2v) is 7.18. The average molecular weight is 338 g/mol. The van der Waals surface area contributed by atoms with Gasteiger partial charge in [-0.15, -0.1) is 0 Å². The highest BCUT2D eigenvalue weighted by atomic mass is 32.2. The molecule has 0 aliphatic rings. The highest BCUT2D eigenvalue weighted by Crippen LogP contribution is 2.16. The minimum atomic E-state index is -3.75. The molecule has 0 saturated heterocycles. The van der Waals surface area contributed by atoms with Gasteiger partial charge in [-0.3, -0.25) is 0 Å². The molecule has 0 amide bonds. The lowest BCUT2D eigenvalue weighted by molar-refractivity contribution is 0.598. The van der Waals surface area contributed by atoms with E-state index in [1.807, 2.05) is 49.4 Å². The van der Waals surface area contributed by atoms with Crippen LogP contribution >= 0.6 is 0 Å². The summed E-state index contributed by atoms with van der Waals surface area (Å²) in [5.41, 5.74) is 3.21. The molecule has 0 fully saturated rings. The third kappa shape index (κ3) is 3.81. The van der Waals surface area contributed by atoms with E-state index in [9.17, 15) is 8.42 Å². The van der Waals surface area contributed by atoms with Gasteiger partial charge < -0.3 is 4.98 Å². The molecular weight excluding hydrogens is 320 g/mol. The maximum absolute atomic E-state index is 12.6. The molecule has 0 saturated carbocycles. The first-order valence-electron chi connectivity index (χ1n) is 7.63. The van der Waals surface area contributed by atoms with Crippen LogP contribution in [0.25, 0.3) is 0 Å². The van der Waals surface area contributed by atoms with Crippen molar-refractivity contribution in [3.63, 3.8) is 0 Å². The summed E-state index contributed by atoms with van der Waals surface area (Å²) in [5, 5.41) is 0. The molecule has 0 unspecified atom stereocenters. The Morgan fingerprint density at radius 3 is 2.29 bits per heavy atom. The van der Waals surface area contributed by atoms with Crippen LogP contribution in [-0.2, 0) is 16.4 Å². The number of benzene rings is 2. The van der Waals surface area contributed by atoms with Crippen LogP contribution < -0.4 is 0 Å². The van der Waals surface area contributed by atoms with Crippen molar-refractivity contribution in [2.24, 2.45) is 4.40 Å². The normalized spacial score (nSPS) is 12.3. The van der Waals surface area contributed by atoms with Crippen molar-refractivity contribution in [2.75, 3.05) is 0 Å². The molecule has 1 heterocycles. The Hall–Kier alpha value is -2.66. The van der Waals surface area contributed by atoms with Gasteiger partial charge in [0.05, 0.1) is 16.3 Å². The molecule has 4 nitrogen and oxygen atoms in total. The lowest BCUT2D eigenvalue weighted by Crippen LogP contribution is -2.10. The standard InChI is InChI=1S/C19H18N2O2S/c1-15-9-11-17(12-10-15)24(22,23)21-19(18-8-5-13-20-18)14-16-6-3-2-4-7-16/h2-13,20H,14H2,1H3. The highest BCUT2D eigenvalue weighted by molar-refractivity contribution is 7.90. The van der Waals surface area contributed by atoms with Crippen LogP contribution in [0.1, 0.15) is 16.8 Å². The number of aromatic nitrogens is 1. The number of nitrogens with one attached hydrogen (secondary N) is 1. The number of aryl methyl sites for hydroxylation is 1. The van der Waals surface area contributed by atoms with Crippen LogP contribution in [0.3, 0.4) is 0 Å². The van der Waals surface area contributed by atoms with Crippen molar-refractivity contribution in [2.45, 2.75) is 18.2 Å². The van der Waals surface area contributed by atoms with E-state index in [0.29, 0.717) is 17.8 Å². The largest absolute Gasteiger partial charge is 0.360 e. The lowest BCUT2D eigenvalue weighted by atomic mass is 10.1. The molecule has 0 spiro atoms. The number of H-pyrrole nitrogens is 1. The second kappa shape index (κ2) is 6.84. The molecule has 2 aromatic carbocycles. The predicted octanol–water partition coefficient (Wildman–Crippen LogP) is 3.74. The molecule has 5 heteroatoms. The molecule has 122 valence electrons. The summed E-state index contributed by atoms with van der Waals surface area (Å²) in [7, 11) is -3.75. The molecule has 0 bridgehead atoms. The topological polar surface area (TPSA) is 62.3 Å². The van der Waals surface area contributed by atoms with Gasteiger partial charge in [0.25, 0.3) is 10.0 Å². The van der Waals surface area contributed by atoms with Crippen LogP contribution in [0, 0.1) is 6.92 Å². The third-order valence-electron chi connectivity index (χ3n) is 3.67. The quantitative estimate of drug-likeness (QED) is 0.720. The third-order valence-corrected chi connectivity index (χ3v) is 5.00. The van der Waals surface area contributed by atoms with Crippen LogP contribution in [0.15, 0.2) is 82.2 Å². The number of aromatic amines is 1. The Morgan fingerprint density at radius 1 is 0.958 bits per heavy atom. The van der Waals surface area contributed by atoms with E-state index in [0.717, 1.165) is 11.1 Å². The van der Waals surface area contributed by atoms with Crippen molar-refractivity contribution >= 4 is 15.7 Å². The minimum absolute atomic E-state index is 0.199. The lowest BCUT2D eigenvalue weighted by Gasteiger charge is -2.07. The Bertz CT molecular complexity index is 927. The minimum Gasteiger partial charge on any atom is -0.360 e. The molecule has 24 heavy (non-hydrogen) atoms. The molecule has 0 aliphatic heterocycles. The van der Waals surface area contributed by atoms with Crippen molar-refractivity contribution < 1.29 is 8.42 Å². The van der Waals surface area contributed by atoms with Gasteiger partial charge in [-0.25, -0.2) is 0 Å². The number of rotatable bonds is 5. The molecular formula is C19H18N2O2S. The van der Waals surface area contributed by atoms with E-state index in [1.165, 1.54) is 0 Å². The molecule has 1 aromatic heterocycles. The van der Waals surface area contributed by atoms with Crippen LogP contribution in [0.5, 0.6) is 0 Å². The number of nitrogens with zero attached hydrogens (tertiary/aromatic N) is 1. The predicted molar refractivity (Wildman–Crippen MR) is 95.8 cm³/mol. The summed E-state index contributed by atoms with van der Waals surface area (Å²) in [6, 6.07) is 20.1. The van der Waals surface area contributed by atoms with Crippen molar-refractivity contribution in [1.29, 1.82) is 0 Å². The van der Waals surface area contributed by atoms with E-state index in [1.54, 1.807) is 30.5 Å². The second-order valence-electron chi connectivity index (χ2n) is 5.57. The molecule has 1 N–H and O–H groups in total.